The number of ether oxygens (including phenoxy) is 3. The molecule has 0 rings (SSSR count). The molecule has 4 N–H and O–H groups in total. The third kappa shape index (κ3) is 85.9. The van der Waals surface area contributed by atoms with E-state index in [2.05, 4.69) is 179 Å². The summed E-state index contributed by atoms with van der Waals surface area (Å²) < 4.78 is 61.3. The Labute approximate surface area is 676 Å². The van der Waals surface area contributed by atoms with Crippen molar-refractivity contribution < 1.29 is 75.8 Å². The maximum Gasteiger partial charge on any atom is 0.472 e. The third-order valence-electron chi connectivity index (χ3n) is 18.2. The summed E-state index contributed by atoms with van der Waals surface area (Å²) in [7, 11) is -9.81. The monoisotopic (exact) mass is 1590 g/mol. The first-order chi connectivity index (χ1) is 54.2. The summed E-state index contributed by atoms with van der Waals surface area (Å²) in [6, 6.07) is 0. The van der Waals surface area contributed by atoms with E-state index in [-0.39, 0.29) is 19.3 Å². The zero-order valence-electron chi connectivity index (χ0n) is 69.8. The molecular formula is C93H158O16P2. The molecule has 0 fully saturated rings. The molecule has 16 nitrogen and oxygen atoms in total. The van der Waals surface area contributed by atoms with E-state index in [9.17, 15) is 43.5 Å². The quantitative estimate of drug-likeness (QED) is 0.0146. The molecule has 0 saturated heterocycles. The van der Waals surface area contributed by atoms with Crippen LogP contribution in [0.4, 0.5) is 0 Å². The van der Waals surface area contributed by atoms with Gasteiger partial charge in [0, 0.05) is 19.3 Å². The lowest BCUT2D eigenvalue weighted by molar-refractivity contribution is -0.161. The molecule has 18 heteroatoms. The first-order valence-corrected chi connectivity index (χ1v) is 46.8. The summed E-state index contributed by atoms with van der Waals surface area (Å²) >= 11 is 0. The van der Waals surface area contributed by atoms with Gasteiger partial charge in [0.25, 0.3) is 0 Å². The number of rotatable bonds is 82. The maximum absolute atomic E-state index is 13.0. The van der Waals surface area contributed by atoms with Gasteiger partial charge in [-0.3, -0.25) is 32.5 Å². The Morgan fingerprint density at radius 2 is 0.477 bits per heavy atom. The first-order valence-electron chi connectivity index (χ1n) is 43.8. The number of phosphoric ester groups is 2. The molecule has 0 aliphatic carbocycles. The summed E-state index contributed by atoms with van der Waals surface area (Å²) in [5, 5.41) is 20.7. The fraction of sp³-hybridized carbons (Fsp3) is 0.688. The van der Waals surface area contributed by atoms with Crippen LogP contribution >= 0.6 is 15.6 Å². The van der Waals surface area contributed by atoms with Crippen molar-refractivity contribution in [1.29, 1.82) is 0 Å². The molecule has 0 aromatic heterocycles. The lowest BCUT2D eigenvalue weighted by Gasteiger charge is -2.21. The Morgan fingerprint density at radius 1 is 0.261 bits per heavy atom. The van der Waals surface area contributed by atoms with Crippen LogP contribution in [-0.4, -0.2) is 95.9 Å². The van der Waals surface area contributed by atoms with Crippen molar-refractivity contribution in [2.24, 2.45) is 0 Å². The van der Waals surface area contributed by atoms with Gasteiger partial charge < -0.3 is 34.2 Å². The highest BCUT2D eigenvalue weighted by molar-refractivity contribution is 7.47. The smallest absolute Gasteiger partial charge is 0.463 e. The van der Waals surface area contributed by atoms with Crippen molar-refractivity contribution in [3.63, 3.8) is 0 Å². The van der Waals surface area contributed by atoms with Gasteiger partial charge in [-0.15, -0.1) is 0 Å². The molecule has 0 saturated carbocycles. The zero-order chi connectivity index (χ0) is 80.8. The molecule has 0 amide bonds. The van der Waals surface area contributed by atoms with E-state index in [1.165, 1.54) is 128 Å². The van der Waals surface area contributed by atoms with Gasteiger partial charge >= 0.3 is 33.6 Å². The number of aliphatic hydroxyl groups excluding tert-OH is 2. The van der Waals surface area contributed by atoms with Crippen LogP contribution in [-0.2, 0) is 55.8 Å². The number of phosphoric acid groups is 2. The molecular weight excluding hydrogens is 1430 g/mol. The minimum atomic E-state index is -4.95. The van der Waals surface area contributed by atoms with E-state index in [4.69, 9.17) is 32.3 Å². The highest BCUT2D eigenvalue weighted by Gasteiger charge is 2.29. The SMILES string of the molecule is CC/C=C\C/C=C\C/C=C\C/C=C\C/C=C\C/C=C\CCCCCCC(=O)OCC(COP(=O)(O)OCC(O)COP(=O)(O)OCC(O)COC(=O)CCCCCCCCCCCCCCCCCCCCC/C=C\C/C=C\C/C=C\C/C=C\CCCCC)OC(=O)CCCCCCCCC/C=C\C/C=C\C/C=C\CC. The zero-order valence-corrected chi connectivity index (χ0v) is 71.6. The van der Waals surface area contributed by atoms with E-state index in [1.807, 2.05) is 0 Å². The van der Waals surface area contributed by atoms with Crippen molar-refractivity contribution in [3.8, 4) is 0 Å². The average Bonchev–Trinajstić information content (AvgIpc) is 0.904. The number of unbranched alkanes of at least 4 members (excludes halogenated alkanes) is 33. The summed E-state index contributed by atoms with van der Waals surface area (Å²) in [5.74, 6) is -1.61. The minimum absolute atomic E-state index is 0.0827. The maximum atomic E-state index is 13.0. The van der Waals surface area contributed by atoms with Gasteiger partial charge in [0.2, 0.25) is 0 Å². The number of esters is 3. The molecule has 111 heavy (non-hydrogen) atoms. The molecule has 0 aliphatic heterocycles. The molecule has 0 heterocycles. The minimum Gasteiger partial charge on any atom is -0.463 e. The van der Waals surface area contributed by atoms with Crippen LogP contribution in [0.3, 0.4) is 0 Å². The van der Waals surface area contributed by atoms with Crippen LogP contribution in [0.2, 0.25) is 0 Å². The third-order valence-corrected chi connectivity index (χ3v) is 20.1. The van der Waals surface area contributed by atoms with Gasteiger partial charge in [0.15, 0.2) is 6.10 Å². The predicted molar refractivity (Wildman–Crippen MR) is 463 cm³/mol. The molecule has 0 bridgehead atoms. The summed E-state index contributed by atoms with van der Waals surface area (Å²) in [4.78, 5) is 58.8. The Hall–Kier alpha value is -4.83. The molecule has 0 aliphatic rings. The summed E-state index contributed by atoms with van der Waals surface area (Å²) in [6.45, 7) is 2.41. The number of hydrogen-bond acceptors (Lipinski definition) is 14. The van der Waals surface area contributed by atoms with Crippen LogP contribution < -0.4 is 0 Å². The van der Waals surface area contributed by atoms with E-state index in [0.29, 0.717) is 19.3 Å². The predicted octanol–water partition coefficient (Wildman–Crippen LogP) is 26.5. The Balaban J connectivity index is 4.49. The van der Waals surface area contributed by atoms with Gasteiger partial charge in [0.05, 0.1) is 26.4 Å². The van der Waals surface area contributed by atoms with Gasteiger partial charge in [-0.2, -0.15) is 0 Å². The molecule has 636 valence electrons. The fourth-order valence-electron chi connectivity index (χ4n) is 11.6. The van der Waals surface area contributed by atoms with Crippen molar-refractivity contribution in [3.05, 3.63) is 158 Å². The largest absolute Gasteiger partial charge is 0.472 e. The number of carbonyl (C=O) groups is 3. The molecule has 5 unspecified atom stereocenters. The van der Waals surface area contributed by atoms with E-state index in [1.54, 1.807) is 0 Å². The second kappa shape index (κ2) is 84.6. The highest BCUT2D eigenvalue weighted by atomic mass is 31.2. The van der Waals surface area contributed by atoms with Gasteiger partial charge in [-0.25, -0.2) is 9.13 Å². The van der Waals surface area contributed by atoms with Gasteiger partial charge in [0.1, 0.15) is 25.4 Å². The Kier molecular flexibility index (Phi) is 80.9. The molecule has 0 aromatic rings. The van der Waals surface area contributed by atoms with Crippen LogP contribution in [0, 0.1) is 0 Å². The van der Waals surface area contributed by atoms with Gasteiger partial charge in [-0.1, -0.05) is 346 Å². The summed E-state index contributed by atoms with van der Waals surface area (Å²) in [5.41, 5.74) is 0. The number of aliphatic hydroxyl groups is 2. The topological polar surface area (TPSA) is 231 Å². The second-order valence-electron chi connectivity index (χ2n) is 28.9. The standard InChI is InChI=1S/C93H158O16P2/c1-4-7-10-13-16-19-22-25-28-31-33-35-37-38-39-40-41-42-43-44-45-46-47-48-50-52-53-56-58-61-64-67-70-73-76-79-91(96)103-82-88(94)83-105-110(99,100)106-84-89(95)85-107-111(101,102)108-87-90(109-93(98)81-78-75-72-69-66-63-60-55-30-27-24-21-18-15-12-9-6-3)86-104-92(97)80-77-74-71-68-65-62-59-57-54-51-49-36-34-32-29-26-23-20-17-14-11-8-5-2/h8-9,11-12,16-21,25-30,33-36,38-39,51,54,59,62,88-90,94-95H,4-7,10,13-15,22-24,31-32,37,40-50,52-53,55-58,60-61,63-87H2,1-3H3,(H,99,100)(H,101,102)/b11-8-,12-9-,19-16-,20-17-,21-18-,28-25-,29-26-,30-27-,35-33-,36-34-,39-38-,54-51-,62-59-. The molecule has 0 spiro atoms. The Morgan fingerprint density at radius 3 is 0.757 bits per heavy atom. The normalized spacial score (nSPS) is 14.6. The van der Waals surface area contributed by atoms with Gasteiger partial charge in [-0.05, 0) is 148 Å². The Bertz CT molecular complexity index is 2650. The molecule has 5 atom stereocenters. The van der Waals surface area contributed by atoms with Crippen molar-refractivity contribution in [2.75, 3.05) is 39.6 Å². The van der Waals surface area contributed by atoms with Crippen LogP contribution in [0.5, 0.6) is 0 Å². The van der Waals surface area contributed by atoms with Crippen molar-refractivity contribution in [1.82, 2.24) is 0 Å². The average molecular weight is 1590 g/mol. The fourth-order valence-corrected chi connectivity index (χ4v) is 13.2. The number of allylic oxidation sites excluding steroid dienone is 26. The van der Waals surface area contributed by atoms with Crippen LogP contribution in [0.25, 0.3) is 0 Å². The van der Waals surface area contributed by atoms with Crippen molar-refractivity contribution >= 4 is 33.6 Å². The highest BCUT2D eigenvalue weighted by Crippen LogP contribution is 2.45. The molecule has 0 radical (unpaired) electrons. The lowest BCUT2D eigenvalue weighted by atomic mass is 10.0. The van der Waals surface area contributed by atoms with Crippen molar-refractivity contribution in [2.45, 2.75) is 373 Å². The second-order valence-corrected chi connectivity index (χ2v) is 31.8. The molecule has 0 aromatic carbocycles. The number of hydrogen-bond donors (Lipinski definition) is 4. The lowest BCUT2D eigenvalue weighted by Crippen LogP contribution is -2.30. The summed E-state index contributed by atoms with van der Waals surface area (Å²) in [6.07, 6.45) is 107. The first kappa shape index (κ1) is 106. The van der Waals surface area contributed by atoms with Crippen LogP contribution in [0.15, 0.2) is 158 Å². The van der Waals surface area contributed by atoms with Crippen LogP contribution in [0.1, 0.15) is 355 Å². The van der Waals surface area contributed by atoms with E-state index in [0.717, 1.165) is 167 Å². The van der Waals surface area contributed by atoms with E-state index >= 15 is 0 Å². The number of carbonyl (C=O) groups excluding carboxylic acids is 3. The van der Waals surface area contributed by atoms with E-state index < -0.39 is 91.5 Å².